The van der Waals surface area contributed by atoms with Crippen LogP contribution < -0.4 is 5.32 Å². The highest BCUT2D eigenvalue weighted by atomic mass is 32.2. The van der Waals surface area contributed by atoms with E-state index in [-0.39, 0.29) is 16.6 Å². The predicted octanol–water partition coefficient (Wildman–Crippen LogP) is 4.80. The molecule has 8 heteroatoms. The number of aromatic nitrogens is 2. The van der Waals surface area contributed by atoms with Gasteiger partial charge in [-0.15, -0.1) is 0 Å². The van der Waals surface area contributed by atoms with E-state index in [2.05, 4.69) is 22.2 Å². The molecule has 1 aliphatic carbocycles. The minimum Gasteiger partial charge on any atom is -0.366 e. The first-order valence-corrected chi connectivity index (χ1v) is 11.9. The maximum atomic E-state index is 13.3. The van der Waals surface area contributed by atoms with Crippen LogP contribution in [-0.2, 0) is 9.84 Å². The van der Waals surface area contributed by atoms with Gasteiger partial charge in [-0.1, -0.05) is 19.1 Å². The summed E-state index contributed by atoms with van der Waals surface area (Å²) in [4.78, 5) is 9.03. The Morgan fingerprint density at radius 3 is 2.26 bits per heavy atom. The molecule has 0 saturated heterocycles. The van der Waals surface area contributed by atoms with Gasteiger partial charge in [0.2, 0.25) is 9.84 Å². The van der Waals surface area contributed by atoms with Gasteiger partial charge in [-0.25, -0.2) is 22.8 Å². The maximum Gasteiger partial charge on any atom is 0.200 e. The van der Waals surface area contributed by atoms with Gasteiger partial charge in [-0.05, 0) is 68.0 Å². The Balaban J connectivity index is 1.79. The van der Waals surface area contributed by atoms with E-state index < -0.39 is 20.9 Å². The minimum absolute atomic E-state index is 0.0733. The highest BCUT2D eigenvalue weighted by Crippen LogP contribution is 2.34. The average molecular weight is 439 g/mol. The number of hydrogen-bond acceptors (Lipinski definition) is 6. The molecule has 3 aromatic rings. The number of nitrogens with zero attached hydrogens (tertiary/aromatic N) is 3. The summed E-state index contributed by atoms with van der Waals surface area (Å²) in [7, 11) is -4.13. The van der Waals surface area contributed by atoms with Crippen molar-refractivity contribution in [1.29, 1.82) is 5.26 Å². The largest absolute Gasteiger partial charge is 0.366 e. The van der Waals surface area contributed by atoms with Crippen LogP contribution in [-0.4, -0.2) is 24.4 Å². The standard InChI is InChI=1S/C23H23FN4O2S/c1-15-6-10-17(11-7-15)26-23-22(27-19-4-2-3-5-20(19)28-23)21(14-25)31(29,30)18-12-8-16(24)9-13-18/h2-5,8-9,12-13,15,17,21H,6-7,10-11H2,1H3,(H,26,28)/t15?,17?,21-/m0/s1. The molecule has 0 aliphatic heterocycles. The van der Waals surface area contributed by atoms with Crippen LogP contribution in [0.5, 0.6) is 0 Å². The molecule has 4 rings (SSSR count). The quantitative estimate of drug-likeness (QED) is 0.575. The Kier molecular flexibility index (Phi) is 5.88. The van der Waals surface area contributed by atoms with Crippen molar-refractivity contribution in [2.24, 2.45) is 5.92 Å². The number of sulfone groups is 1. The second-order valence-corrected chi connectivity index (χ2v) is 10.1. The number of nitriles is 1. The zero-order chi connectivity index (χ0) is 22.0. The molecule has 31 heavy (non-hydrogen) atoms. The fraction of sp³-hybridized carbons (Fsp3) is 0.348. The number of para-hydroxylation sites is 2. The summed E-state index contributed by atoms with van der Waals surface area (Å²) in [5, 5.41) is 11.7. The van der Waals surface area contributed by atoms with Crippen LogP contribution in [0.1, 0.15) is 43.6 Å². The number of anilines is 1. The van der Waals surface area contributed by atoms with Crippen molar-refractivity contribution in [1.82, 2.24) is 9.97 Å². The lowest BCUT2D eigenvalue weighted by Crippen LogP contribution is -2.27. The molecule has 160 valence electrons. The van der Waals surface area contributed by atoms with E-state index in [1.807, 2.05) is 12.1 Å². The van der Waals surface area contributed by atoms with Gasteiger partial charge in [0.05, 0.1) is 22.0 Å². The highest BCUT2D eigenvalue weighted by molar-refractivity contribution is 7.92. The highest BCUT2D eigenvalue weighted by Gasteiger charge is 2.34. The van der Waals surface area contributed by atoms with Crippen LogP contribution in [0.3, 0.4) is 0 Å². The average Bonchev–Trinajstić information content (AvgIpc) is 2.76. The van der Waals surface area contributed by atoms with Crippen LogP contribution >= 0.6 is 0 Å². The first-order chi connectivity index (χ1) is 14.9. The van der Waals surface area contributed by atoms with Gasteiger partial charge >= 0.3 is 0 Å². The van der Waals surface area contributed by atoms with Gasteiger partial charge in [-0.3, -0.25) is 0 Å². The van der Waals surface area contributed by atoms with Gasteiger partial charge in [0.1, 0.15) is 11.5 Å². The molecule has 1 fully saturated rings. The van der Waals surface area contributed by atoms with Gasteiger partial charge in [0.25, 0.3) is 0 Å². The number of benzene rings is 2. The summed E-state index contributed by atoms with van der Waals surface area (Å²) >= 11 is 0. The molecule has 6 nitrogen and oxygen atoms in total. The molecule has 1 atom stereocenters. The molecule has 1 N–H and O–H groups in total. The summed E-state index contributed by atoms with van der Waals surface area (Å²) in [6.45, 7) is 2.22. The molecular formula is C23H23FN4O2S. The Bertz CT molecular complexity index is 1230. The number of halogens is 1. The third-order valence-corrected chi connectivity index (χ3v) is 7.65. The van der Waals surface area contributed by atoms with Crippen molar-refractivity contribution in [3.8, 4) is 6.07 Å². The fourth-order valence-electron chi connectivity index (χ4n) is 3.94. The Hall–Kier alpha value is -3.05. The first-order valence-electron chi connectivity index (χ1n) is 10.3. The second-order valence-electron chi connectivity index (χ2n) is 8.06. The van der Waals surface area contributed by atoms with Crippen LogP contribution in [0, 0.1) is 23.1 Å². The van der Waals surface area contributed by atoms with Gasteiger partial charge in [0.15, 0.2) is 11.1 Å². The van der Waals surface area contributed by atoms with Crippen molar-refractivity contribution in [2.75, 3.05) is 5.32 Å². The molecule has 2 aromatic carbocycles. The van der Waals surface area contributed by atoms with Crippen LogP contribution in [0.15, 0.2) is 53.4 Å². The molecular weight excluding hydrogens is 415 g/mol. The first kappa shape index (κ1) is 21.2. The van der Waals surface area contributed by atoms with Crippen molar-refractivity contribution >= 4 is 26.7 Å². The number of rotatable bonds is 5. The van der Waals surface area contributed by atoms with E-state index in [0.29, 0.717) is 22.8 Å². The molecule has 0 unspecified atom stereocenters. The fourth-order valence-corrected chi connectivity index (χ4v) is 5.32. The molecule has 0 amide bonds. The van der Waals surface area contributed by atoms with Crippen LogP contribution in [0.4, 0.5) is 10.2 Å². The third-order valence-electron chi connectivity index (χ3n) is 5.77. The van der Waals surface area contributed by atoms with Crippen LogP contribution in [0.2, 0.25) is 0 Å². The van der Waals surface area contributed by atoms with Gasteiger partial charge in [0, 0.05) is 6.04 Å². The molecule has 0 bridgehead atoms. The Morgan fingerprint density at radius 1 is 1.03 bits per heavy atom. The normalized spacial score (nSPS) is 20.2. The molecule has 1 aromatic heterocycles. The summed E-state index contributed by atoms with van der Waals surface area (Å²) in [6.07, 6.45) is 4.03. The van der Waals surface area contributed by atoms with Crippen molar-refractivity contribution in [3.63, 3.8) is 0 Å². The lowest BCUT2D eigenvalue weighted by molar-refractivity contribution is 0.360. The Labute approximate surface area is 181 Å². The zero-order valence-electron chi connectivity index (χ0n) is 17.1. The molecule has 1 aliphatic rings. The van der Waals surface area contributed by atoms with Gasteiger partial charge in [-0.2, -0.15) is 5.26 Å². The lowest BCUT2D eigenvalue weighted by atomic mass is 9.87. The monoisotopic (exact) mass is 438 g/mol. The summed E-state index contributed by atoms with van der Waals surface area (Å²) in [5.41, 5.74) is 1.20. The molecule has 1 saturated carbocycles. The summed E-state index contributed by atoms with van der Waals surface area (Å²) < 4.78 is 39.8. The van der Waals surface area contributed by atoms with E-state index in [1.54, 1.807) is 18.2 Å². The van der Waals surface area contributed by atoms with E-state index in [9.17, 15) is 18.1 Å². The van der Waals surface area contributed by atoms with E-state index in [0.717, 1.165) is 37.8 Å². The van der Waals surface area contributed by atoms with Crippen molar-refractivity contribution < 1.29 is 12.8 Å². The second kappa shape index (κ2) is 8.60. The third kappa shape index (κ3) is 4.37. The van der Waals surface area contributed by atoms with Crippen molar-refractivity contribution in [3.05, 3.63) is 60.0 Å². The SMILES string of the molecule is CC1CCC(Nc2nc3ccccc3nc2[C@H](C#N)S(=O)(=O)c2ccc(F)cc2)CC1. The summed E-state index contributed by atoms with van der Waals surface area (Å²) in [5.74, 6) is 0.424. The topological polar surface area (TPSA) is 95.7 Å². The van der Waals surface area contributed by atoms with Crippen molar-refractivity contribution in [2.45, 2.75) is 48.8 Å². The number of hydrogen-bond donors (Lipinski definition) is 1. The molecule has 1 heterocycles. The smallest absolute Gasteiger partial charge is 0.200 e. The molecule has 0 radical (unpaired) electrons. The Morgan fingerprint density at radius 2 is 1.65 bits per heavy atom. The minimum atomic E-state index is -4.13. The van der Waals surface area contributed by atoms with E-state index in [4.69, 9.17) is 0 Å². The van der Waals surface area contributed by atoms with E-state index >= 15 is 0 Å². The lowest BCUT2D eigenvalue weighted by Gasteiger charge is -2.28. The van der Waals surface area contributed by atoms with Crippen LogP contribution in [0.25, 0.3) is 11.0 Å². The zero-order valence-corrected chi connectivity index (χ0v) is 17.9. The number of nitrogens with one attached hydrogen (secondary N) is 1. The number of fused-ring (bicyclic) bond motifs is 1. The molecule has 0 spiro atoms. The van der Waals surface area contributed by atoms with Gasteiger partial charge < -0.3 is 5.32 Å². The predicted molar refractivity (Wildman–Crippen MR) is 117 cm³/mol. The maximum absolute atomic E-state index is 13.3. The van der Waals surface area contributed by atoms with E-state index in [1.165, 1.54) is 12.1 Å². The summed E-state index contributed by atoms with van der Waals surface area (Å²) in [6, 6.07) is 13.6.